The summed E-state index contributed by atoms with van der Waals surface area (Å²) in [5.74, 6) is 0.309. The number of aromatic nitrogens is 2. The Bertz CT molecular complexity index is 567. The number of rotatable bonds is 2. The predicted molar refractivity (Wildman–Crippen MR) is 71.3 cm³/mol. The Morgan fingerprint density at radius 3 is 2.58 bits per heavy atom. The lowest BCUT2D eigenvalue weighted by atomic mass is 9.99. The van der Waals surface area contributed by atoms with E-state index in [4.69, 9.17) is 10.3 Å². The molecule has 2 aromatic rings. The molecule has 1 fully saturated rings. The normalized spacial score (nSPS) is 17.2. The van der Waals surface area contributed by atoms with E-state index in [1.54, 1.807) is 18.2 Å². The quantitative estimate of drug-likeness (QED) is 0.920. The second-order valence-corrected chi connectivity index (χ2v) is 4.77. The Kier molecular flexibility index (Phi) is 3.87. The third-order valence-corrected chi connectivity index (χ3v) is 3.47. The number of hydrogen-bond acceptors (Lipinski definition) is 4. The van der Waals surface area contributed by atoms with Crippen molar-refractivity contribution < 1.29 is 8.91 Å². The molecule has 19 heavy (non-hydrogen) atoms. The Labute approximate surface area is 116 Å². The second-order valence-electron chi connectivity index (χ2n) is 4.77. The molecule has 102 valence electrons. The van der Waals surface area contributed by atoms with Crippen molar-refractivity contribution in [3.8, 4) is 11.5 Å². The predicted octanol–water partition coefficient (Wildman–Crippen LogP) is 3.03. The highest BCUT2D eigenvalue weighted by Crippen LogP contribution is 2.35. The van der Waals surface area contributed by atoms with Crippen molar-refractivity contribution in [1.82, 2.24) is 10.1 Å². The molecule has 1 aromatic carbocycles. The third-order valence-electron chi connectivity index (χ3n) is 3.47. The zero-order valence-corrected chi connectivity index (χ0v) is 11.1. The van der Waals surface area contributed by atoms with Crippen LogP contribution in [-0.2, 0) is 5.54 Å². The van der Waals surface area contributed by atoms with Crippen molar-refractivity contribution in [3.05, 3.63) is 35.9 Å². The van der Waals surface area contributed by atoms with Crippen molar-refractivity contribution in [2.24, 2.45) is 5.73 Å². The van der Waals surface area contributed by atoms with E-state index in [-0.39, 0.29) is 24.1 Å². The van der Waals surface area contributed by atoms with Crippen LogP contribution in [-0.4, -0.2) is 10.1 Å². The molecule has 4 nitrogen and oxygen atoms in total. The average molecular weight is 284 g/mol. The van der Waals surface area contributed by atoms with E-state index in [0.717, 1.165) is 25.7 Å². The second kappa shape index (κ2) is 5.27. The van der Waals surface area contributed by atoms with Crippen molar-refractivity contribution >= 4 is 12.4 Å². The minimum atomic E-state index is -0.507. The molecule has 1 aliphatic carbocycles. The molecule has 0 spiro atoms. The standard InChI is InChI=1S/C13H14FN3O.ClH/c14-10-6-2-1-5-9(10)11-16-12(17-18-11)13(15)7-3-4-8-13;/h1-2,5-6H,3-4,7-8,15H2;1H. The molecule has 1 aliphatic rings. The van der Waals surface area contributed by atoms with Crippen molar-refractivity contribution in [2.75, 3.05) is 0 Å². The zero-order chi connectivity index (χ0) is 12.6. The first-order valence-corrected chi connectivity index (χ1v) is 6.07. The van der Waals surface area contributed by atoms with Gasteiger partial charge in [-0.25, -0.2) is 4.39 Å². The summed E-state index contributed by atoms with van der Waals surface area (Å²) in [6, 6.07) is 6.34. The summed E-state index contributed by atoms with van der Waals surface area (Å²) in [6.07, 6.45) is 3.84. The number of hydrogen-bond donors (Lipinski definition) is 1. The molecular weight excluding hydrogens is 269 g/mol. The summed E-state index contributed by atoms with van der Waals surface area (Å²) >= 11 is 0. The Morgan fingerprint density at radius 1 is 1.21 bits per heavy atom. The molecule has 0 saturated heterocycles. The van der Waals surface area contributed by atoms with Crippen LogP contribution in [0, 0.1) is 5.82 Å². The first-order chi connectivity index (χ1) is 8.69. The Morgan fingerprint density at radius 2 is 1.89 bits per heavy atom. The average Bonchev–Trinajstić information content (AvgIpc) is 2.99. The lowest BCUT2D eigenvalue weighted by Gasteiger charge is -2.17. The zero-order valence-electron chi connectivity index (χ0n) is 10.3. The maximum absolute atomic E-state index is 13.6. The van der Waals surface area contributed by atoms with E-state index >= 15 is 0 Å². The molecule has 3 rings (SSSR count). The summed E-state index contributed by atoms with van der Waals surface area (Å²) < 4.78 is 18.7. The highest BCUT2D eigenvalue weighted by atomic mass is 35.5. The third kappa shape index (κ3) is 2.48. The maximum Gasteiger partial charge on any atom is 0.260 e. The Balaban J connectivity index is 0.00000133. The van der Waals surface area contributed by atoms with Crippen LogP contribution in [0.4, 0.5) is 4.39 Å². The molecule has 0 aliphatic heterocycles. The van der Waals surface area contributed by atoms with Crippen LogP contribution >= 0.6 is 12.4 Å². The minimum Gasteiger partial charge on any atom is -0.334 e. The van der Waals surface area contributed by atoms with E-state index in [1.807, 2.05) is 0 Å². The highest BCUT2D eigenvalue weighted by molar-refractivity contribution is 5.85. The number of nitrogens with zero attached hydrogens (tertiary/aromatic N) is 2. The molecular formula is C13H15ClFN3O. The SMILES string of the molecule is Cl.NC1(c2noc(-c3ccccc3F)n2)CCCC1. The minimum absolute atomic E-state index is 0. The van der Waals surface area contributed by atoms with Crippen LogP contribution in [0.15, 0.2) is 28.8 Å². The summed E-state index contributed by atoms with van der Waals surface area (Å²) in [7, 11) is 0. The van der Waals surface area contributed by atoms with Gasteiger partial charge in [0.2, 0.25) is 0 Å². The number of nitrogens with two attached hydrogens (primary N) is 1. The van der Waals surface area contributed by atoms with Crippen molar-refractivity contribution in [3.63, 3.8) is 0 Å². The smallest absolute Gasteiger partial charge is 0.260 e. The number of halogens is 2. The van der Waals surface area contributed by atoms with E-state index in [1.165, 1.54) is 6.07 Å². The molecule has 0 bridgehead atoms. The van der Waals surface area contributed by atoms with Crippen LogP contribution in [0.1, 0.15) is 31.5 Å². The van der Waals surface area contributed by atoms with E-state index in [2.05, 4.69) is 10.1 Å². The van der Waals surface area contributed by atoms with Crippen LogP contribution in [0.25, 0.3) is 11.5 Å². The summed E-state index contributed by atoms with van der Waals surface area (Å²) in [5, 5.41) is 3.91. The van der Waals surface area contributed by atoms with Gasteiger partial charge in [0.15, 0.2) is 5.82 Å². The van der Waals surface area contributed by atoms with Gasteiger partial charge in [0.1, 0.15) is 5.82 Å². The topological polar surface area (TPSA) is 64.9 Å². The van der Waals surface area contributed by atoms with Gasteiger partial charge in [0.25, 0.3) is 5.89 Å². The molecule has 0 radical (unpaired) electrons. The molecule has 1 aromatic heterocycles. The van der Waals surface area contributed by atoms with Gasteiger partial charge in [-0.3, -0.25) is 0 Å². The van der Waals surface area contributed by atoms with E-state index in [9.17, 15) is 4.39 Å². The largest absolute Gasteiger partial charge is 0.334 e. The van der Waals surface area contributed by atoms with Crippen LogP contribution in [0.3, 0.4) is 0 Å². The van der Waals surface area contributed by atoms with E-state index < -0.39 is 5.54 Å². The highest BCUT2D eigenvalue weighted by Gasteiger charge is 2.36. The van der Waals surface area contributed by atoms with Gasteiger partial charge in [0.05, 0.1) is 11.1 Å². The molecule has 0 atom stereocenters. The fraction of sp³-hybridized carbons (Fsp3) is 0.385. The molecule has 0 unspecified atom stereocenters. The van der Waals surface area contributed by atoms with Gasteiger partial charge in [-0.05, 0) is 25.0 Å². The lowest BCUT2D eigenvalue weighted by molar-refractivity contribution is 0.372. The van der Waals surface area contributed by atoms with Gasteiger partial charge in [-0.1, -0.05) is 30.1 Å². The maximum atomic E-state index is 13.6. The lowest BCUT2D eigenvalue weighted by Crippen LogP contribution is -2.34. The summed E-state index contributed by atoms with van der Waals surface area (Å²) in [6.45, 7) is 0. The fourth-order valence-electron chi connectivity index (χ4n) is 2.40. The summed E-state index contributed by atoms with van der Waals surface area (Å²) in [5.41, 5.74) is 6.04. The first-order valence-electron chi connectivity index (χ1n) is 6.07. The number of benzene rings is 1. The van der Waals surface area contributed by atoms with Crippen LogP contribution < -0.4 is 5.73 Å². The summed E-state index contributed by atoms with van der Waals surface area (Å²) in [4.78, 5) is 4.25. The van der Waals surface area contributed by atoms with Gasteiger partial charge in [0, 0.05) is 0 Å². The fourth-order valence-corrected chi connectivity index (χ4v) is 2.40. The van der Waals surface area contributed by atoms with Gasteiger partial charge in [-0.2, -0.15) is 4.98 Å². The van der Waals surface area contributed by atoms with Crippen LogP contribution in [0.2, 0.25) is 0 Å². The molecule has 2 N–H and O–H groups in total. The molecule has 6 heteroatoms. The van der Waals surface area contributed by atoms with Gasteiger partial charge >= 0.3 is 0 Å². The van der Waals surface area contributed by atoms with Crippen LogP contribution in [0.5, 0.6) is 0 Å². The Hall–Kier alpha value is -1.46. The molecule has 1 heterocycles. The van der Waals surface area contributed by atoms with Gasteiger partial charge in [-0.15, -0.1) is 12.4 Å². The molecule has 1 saturated carbocycles. The van der Waals surface area contributed by atoms with Crippen molar-refractivity contribution in [2.45, 2.75) is 31.2 Å². The van der Waals surface area contributed by atoms with E-state index in [0.29, 0.717) is 11.4 Å². The van der Waals surface area contributed by atoms with Crippen molar-refractivity contribution in [1.29, 1.82) is 0 Å². The first kappa shape index (κ1) is 14.0. The van der Waals surface area contributed by atoms with Gasteiger partial charge < -0.3 is 10.3 Å². The monoisotopic (exact) mass is 283 g/mol. The molecule has 0 amide bonds.